The summed E-state index contributed by atoms with van der Waals surface area (Å²) in [6, 6.07) is 8.65. The number of rotatable bonds is 4. The summed E-state index contributed by atoms with van der Waals surface area (Å²) in [5.41, 5.74) is 1.16. The lowest BCUT2D eigenvalue weighted by molar-refractivity contribution is -0.111. The molecule has 0 unspecified atom stereocenters. The Bertz CT molecular complexity index is 893. The lowest BCUT2D eigenvalue weighted by Gasteiger charge is -2.07. The number of hydrogen-bond acceptors (Lipinski definition) is 4. The summed E-state index contributed by atoms with van der Waals surface area (Å²) in [6.07, 6.45) is 7.46. The fourth-order valence-corrected chi connectivity index (χ4v) is 2.35. The SMILES string of the molecule is O=C(/C=C/c1cccc(Cl)c1Cl)Nc1cccnc1-n1cncn1. The van der Waals surface area contributed by atoms with Crippen LogP contribution in [0.25, 0.3) is 11.9 Å². The second-order valence-corrected chi connectivity index (χ2v) is 5.47. The number of amides is 1. The first-order valence-electron chi connectivity index (χ1n) is 6.88. The van der Waals surface area contributed by atoms with Crippen molar-refractivity contribution < 1.29 is 4.79 Å². The molecule has 0 bridgehead atoms. The molecule has 0 fully saturated rings. The van der Waals surface area contributed by atoms with Gasteiger partial charge in [0.05, 0.1) is 15.7 Å². The van der Waals surface area contributed by atoms with Crippen LogP contribution in [0.5, 0.6) is 0 Å². The lowest BCUT2D eigenvalue weighted by Crippen LogP contribution is -2.12. The summed E-state index contributed by atoms with van der Waals surface area (Å²) >= 11 is 12.0. The summed E-state index contributed by atoms with van der Waals surface area (Å²) in [5, 5.41) is 7.59. The maximum Gasteiger partial charge on any atom is 0.248 e. The van der Waals surface area contributed by atoms with Crippen molar-refractivity contribution in [1.29, 1.82) is 0 Å². The first-order chi connectivity index (χ1) is 11.6. The third-order valence-electron chi connectivity index (χ3n) is 3.08. The first-order valence-corrected chi connectivity index (χ1v) is 7.64. The molecule has 0 saturated carbocycles. The van der Waals surface area contributed by atoms with E-state index in [0.29, 0.717) is 27.1 Å². The normalized spacial score (nSPS) is 10.9. The predicted molar refractivity (Wildman–Crippen MR) is 93.3 cm³/mol. The minimum Gasteiger partial charge on any atom is -0.319 e. The Morgan fingerprint density at radius 1 is 1.21 bits per heavy atom. The Kier molecular flexibility index (Phi) is 4.88. The average Bonchev–Trinajstić information content (AvgIpc) is 3.11. The second-order valence-electron chi connectivity index (χ2n) is 4.68. The molecule has 120 valence electrons. The predicted octanol–water partition coefficient (Wildman–Crippen LogP) is 3.62. The van der Waals surface area contributed by atoms with Gasteiger partial charge in [0.25, 0.3) is 0 Å². The summed E-state index contributed by atoms with van der Waals surface area (Å²) in [4.78, 5) is 20.2. The van der Waals surface area contributed by atoms with E-state index in [1.54, 1.807) is 42.6 Å². The minimum absolute atomic E-state index is 0.333. The van der Waals surface area contributed by atoms with E-state index in [9.17, 15) is 4.79 Å². The molecule has 1 amide bonds. The van der Waals surface area contributed by atoms with Crippen LogP contribution in [-0.2, 0) is 4.79 Å². The molecule has 1 N–H and O–H groups in total. The van der Waals surface area contributed by atoms with Crippen molar-refractivity contribution >= 4 is 40.9 Å². The molecule has 6 nitrogen and oxygen atoms in total. The summed E-state index contributed by atoms with van der Waals surface area (Å²) < 4.78 is 1.47. The molecule has 0 atom stereocenters. The molecule has 0 radical (unpaired) electrons. The van der Waals surface area contributed by atoms with Crippen molar-refractivity contribution in [3.05, 3.63) is 70.9 Å². The van der Waals surface area contributed by atoms with Gasteiger partial charge in [-0.2, -0.15) is 5.10 Å². The number of anilines is 1. The molecule has 3 rings (SSSR count). The second kappa shape index (κ2) is 7.25. The van der Waals surface area contributed by atoms with Crippen LogP contribution in [0.4, 0.5) is 5.69 Å². The van der Waals surface area contributed by atoms with Crippen molar-refractivity contribution in [2.24, 2.45) is 0 Å². The third-order valence-corrected chi connectivity index (χ3v) is 3.91. The zero-order valence-corrected chi connectivity index (χ0v) is 13.7. The van der Waals surface area contributed by atoms with E-state index in [-0.39, 0.29) is 5.91 Å². The van der Waals surface area contributed by atoms with Gasteiger partial charge in [-0.25, -0.2) is 14.6 Å². The highest BCUT2D eigenvalue weighted by molar-refractivity contribution is 6.42. The highest BCUT2D eigenvalue weighted by Gasteiger charge is 2.08. The van der Waals surface area contributed by atoms with E-state index < -0.39 is 0 Å². The van der Waals surface area contributed by atoms with Gasteiger partial charge in [-0.3, -0.25) is 4.79 Å². The fraction of sp³-hybridized carbons (Fsp3) is 0. The van der Waals surface area contributed by atoms with Crippen molar-refractivity contribution in [1.82, 2.24) is 19.7 Å². The van der Waals surface area contributed by atoms with Gasteiger partial charge in [0.15, 0.2) is 5.82 Å². The maximum atomic E-state index is 12.2. The topological polar surface area (TPSA) is 72.7 Å². The van der Waals surface area contributed by atoms with Crippen LogP contribution in [0, 0.1) is 0 Å². The molecule has 3 aromatic rings. The van der Waals surface area contributed by atoms with Gasteiger partial charge in [-0.05, 0) is 29.8 Å². The molecule has 0 saturated heterocycles. The number of benzene rings is 1. The first kappa shape index (κ1) is 16.2. The van der Waals surface area contributed by atoms with Crippen LogP contribution in [0.1, 0.15) is 5.56 Å². The molecule has 2 heterocycles. The monoisotopic (exact) mass is 359 g/mol. The van der Waals surface area contributed by atoms with E-state index in [1.807, 2.05) is 0 Å². The van der Waals surface area contributed by atoms with Crippen molar-refractivity contribution in [2.75, 3.05) is 5.32 Å². The number of carbonyl (C=O) groups excluding carboxylic acids is 1. The molecule has 2 aromatic heterocycles. The van der Waals surface area contributed by atoms with Gasteiger partial charge in [0.2, 0.25) is 5.91 Å². The van der Waals surface area contributed by atoms with Crippen LogP contribution in [0.15, 0.2) is 55.3 Å². The van der Waals surface area contributed by atoms with Crippen molar-refractivity contribution in [3.8, 4) is 5.82 Å². The van der Waals surface area contributed by atoms with E-state index in [2.05, 4.69) is 20.4 Å². The van der Waals surface area contributed by atoms with Gasteiger partial charge in [0.1, 0.15) is 12.7 Å². The summed E-state index contributed by atoms with van der Waals surface area (Å²) in [7, 11) is 0. The molecule has 8 heteroatoms. The molecule has 0 aliphatic heterocycles. The standard InChI is InChI=1S/C16H11Cl2N5O/c17-12-4-1-3-11(15(12)18)6-7-14(24)22-13-5-2-8-20-16(13)23-10-19-9-21-23/h1-10H,(H,22,24)/b7-6+. The van der Waals surface area contributed by atoms with E-state index in [4.69, 9.17) is 23.2 Å². The Morgan fingerprint density at radius 3 is 2.88 bits per heavy atom. The molecule has 0 spiro atoms. The largest absolute Gasteiger partial charge is 0.319 e. The molecular weight excluding hydrogens is 349 g/mol. The number of aromatic nitrogens is 4. The van der Waals surface area contributed by atoms with Crippen molar-refractivity contribution in [3.63, 3.8) is 0 Å². The highest BCUT2D eigenvalue weighted by Crippen LogP contribution is 2.26. The number of nitrogens with zero attached hydrogens (tertiary/aromatic N) is 4. The maximum absolute atomic E-state index is 12.2. The quantitative estimate of drug-likeness (QED) is 0.722. The third kappa shape index (κ3) is 3.61. The van der Waals surface area contributed by atoms with Crippen LogP contribution >= 0.6 is 23.2 Å². The van der Waals surface area contributed by atoms with Gasteiger partial charge >= 0.3 is 0 Å². The van der Waals surface area contributed by atoms with E-state index in [0.717, 1.165) is 0 Å². The van der Waals surface area contributed by atoms with Gasteiger partial charge in [0, 0.05) is 12.3 Å². The molecule has 24 heavy (non-hydrogen) atoms. The Hall–Kier alpha value is -2.70. The highest BCUT2D eigenvalue weighted by atomic mass is 35.5. The van der Waals surface area contributed by atoms with Crippen LogP contribution in [0.2, 0.25) is 10.0 Å². The Labute approximate surface area is 147 Å². The molecule has 0 aliphatic carbocycles. The van der Waals surface area contributed by atoms with Gasteiger partial charge in [-0.15, -0.1) is 0 Å². The van der Waals surface area contributed by atoms with Gasteiger partial charge in [-0.1, -0.05) is 35.3 Å². The average molecular weight is 360 g/mol. The molecular formula is C16H11Cl2N5O. The Morgan fingerprint density at radius 2 is 2.08 bits per heavy atom. The number of nitrogens with one attached hydrogen (secondary N) is 1. The van der Waals surface area contributed by atoms with E-state index in [1.165, 1.54) is 23.4 Å². The summed E-state index contributed by atoms with van der Waals surface area (Å²) in [6.45, 7) is 0. The summed E-state index contributed by atoms with van der Waals surface area (Å²) in [5.74, 6) is 0.137. The van der Waals surface area contributed by atoms with Gasteiger partial charge < -0.3 is 5.32 Å². The minimum atomic E-state index is -0.333. The molecule has 1 aromatic carbocycles. The lowest BCUT2D eigenvalue weighted by atomic mass is 10.2. The fourth-order valence-electron chi connectivity index (χ4n) is 1.98. The molecule has 0 aliphatic rings. The number of pyridine rings is 1. The smallest absolute Gasteiger partial charge is 0.248 e. The Balaban J connectivity index is 1.79. The zero-order valence-electron chi connectivity index (χ0n) is 12.2. The van der Waals surface area contributed by atoms with Crippen LogP contribution in [0.3, 0.4) is 0 Å². The van der Waals surface area contributed by atoms with E-state index >= 15 is 0 Å². The number of halogens is 2. The number of hydrogen-bond donors (Lipinski definition) is 1. The zero-order chi connectivity index (χ0) is 16.9. The van der Waals surface area contributed by atoms with Crippen LogP contribution < -0.4 is 5.32 Å². The number of carbonyl (C=O) groups is 1. The van der Waals surface area contributed by atoms with Crippen LogP contribution in [-0.4, -0.2) is 25.7 Å². The van der Waals surface area contributed by atoms with Crippen molar-refractivity contribution in [2.45, 2.75) is 0 Å².